The molecule has 136 valence electrons. The van der Waals surface area contributed by atoms with Gasteiger partial charge in [0.2, 0.25) is 5.91 Å². The number of rotatable bonds is 4. The summed E-state index contributed by atoms with van der Waals surface area (Å²) in [5.74, 6) is -0.302. The monoisotopic (exact) mass is 352 g/mol. The summed E-state index contributed by atoms with van der Waals surface area (Å²) in [6, 6.07) is 12.4. The van der Waals surface area contributed by atoms with Gasteiger partial charge in [-0.05, 0) is 55.7 Å². The Morgan fingerprint density at radius 3 is 2.73 bits per heavy atom. The number of carbonyl (C=O) groups is 2. The second-order valence-corrected chi connectivity index (χ2v) is 6.47. The molecule has 0 fully saturated rings. The Bertz CT molecular complexity index is 834. The van der Waals surface area contributed by atoms with Gasteiger partial charge in [0.15, 0.2) is 0 Å². The molecular weight excluding hydrogens is 328 g/mol. The minimum absolute atomic E-state index is 0.116. The number of carbonyl (C=O) groups excluding carboxylic acids is 2. The van der Waals surface area contributed by atoms with Crippen LogP contribution in [-0.2, 0) is 11.2 Å². The molecule has 1 unspecified atom stereocenters. The second kappa shape index (κ2) is 7.47. The number of nitrogens with two attached hydrogens (primary N) is 1. The third-order valence-electron chi connectivity index (χ3n) is 4.79. The Kier molecular flexibility index (Phi) is 5.11. The van der Waals surface area contributed by atoms with Gasteiger partial charge < -0.3 is 21.3 Å². The van der Waals surface area contributed by atoms with E-state index in [0.29, 0.717) is 11.3 Å². The number of fused-ring (bicyclic) bond motifs is 1. The van der Waals surface area contributed by atoms with Crippen molar-refractivity contribution in [3.63, 3.8) is 0 Å². The highest BCUT2D eigenvalue weighted by atomic mass is 16.2. The fourth-order valence-corrected chi connectivity index (χ4v) is 3.35. The molecule has 0 saturated carbocycles. The van der Waals surface area contributed by atoms with Crippen molar-refractivity contribution in [1.29, 1.82) is 0 Å². The van der Waals surface area contributed by atoms with Crippen molar-refractivity contribution >= 4 is 28.9 Å². The first kappa shape index (κ1) is 17.8. The summed E-state index contributed by atoms with van der Waals surface area (Å²) in [6.45, 7) is 2.69. The SMILES string of the molecule is CNC(=O)c1cccc(NC(=O)C(C)N2CCCc3c(N)cccc32)c1. The summed E-state index contributed by atoms with van der Waals surface area (Å²) in [4.78, 5) is 26.6. The topological polar surface area (TPSA) is 87.5 Å². The highest BCUT2D eigenvalue weighted by molar-refractivity contribution is 5.99. The number of hydrogen-bond donors (Lipinski definition) is 3. The molecule has 26 heavy (non-hydrogen) atoms. The van der Waals surface area contributed by atoms with Gasteiger partial charge >= 0.3 is 0 Å². The zero-order valence-corrected chi connectivity index (χ0v) is 15.1. The van der Waals surface area contributed by atoms with Gasteiger partial charge in [-0.3, -0.25) is 9.59 Å². The average Bonchev–Trinajstić information content (AvgIpc) is 2.67. The Morgan fingerprint density at radius 1 is 1.19 bits per heavy atom. The molecule has 0 bridgehead atoms. The van der Waals surface area contributed by atoms with E-state index in [4.69, 9.17) is 5.73 Å². The smallest absolute Gasteiger partial charge is 0.251 e. The van der Waals surface area contributed by atoms with Gasteiger partial charge in [0.1, 0.15) is 6.04 Å². The van der Waals surface area contributed by atoms with E-state index in [1.807, 2.05) is 25.1 Å². The maximum absolute atomic E-state index is 12.8. The second-order valence-electron chi connectivity index (χ2n) is 6.47. The number of benzene rings is 2. The van der Waals surface area contributed by atoms with Crippen molar-refractivity contribution in [3.8, 4) is 0 Å². The summed E-state index contributed by atoms with van der Waals surface area (Å²) >= 11 is 0. The van der Waals surface area contributed by atoms with E-state index >= 15 is 0 Å². The molecule has 6 nitrogen and oxygen atoms in total. The van der Waals surface area contributed by atoms with Crippen molar-refractivity contribution < 1.29 is 9.59 Å². The molecule has 3 rings (SSSR count). The standard InChI is InChI=1S/C20H24N4O2/c1-13(24-11-5-8-16-17(21)9-4-10-18(16)24)19(25)23-15-7-3-6-14(12-15)20(26)22-2/h3-4,6-7,9-10,12-13H,5,8,11,21H2,1-2H3,(H,22,26)(H,23,25). The maximum atomic E-state index is 12.8. The first-order valence-electron chi connectivity index (χ1n) is 8.78. The van der Waals surface area contributed by atoms with Crippen LogP contribution in [-0.4, -0.2) is 31.4 Å². The third kappa shape index (κ3) is 3.49. The molecule has 2 aromatic carbocycles. The van der Waals surface area contributed by atoms with Crippen molar-refractivity contribution in [2.45, 2.75) is 25.8 Å². The number of nitrogens with one attached hydrogen (secondary N) is 2. The first-order valence-corrected chi connectivity index (χ1v) is 8.78. The molecule has 1 heterocycles. The Morgan fingerprint density at radius 2 is 1.96 bits per heavy atom. The van der Waals surface area contributed by atoms with E-state index in [1.54, 1.807) is 31.3 Å². The van der Waals surface area contributed by atoms with Crippen LogP contribution in [0.15, 0.2) is 42.5 Å². The predicted molar refractivity (Wildman–Crippen MR) is 104 cm³/mol. The molecule has 1 aliphatic rings. The number of nitrogen functional groups attached to an aromatic ring is 1. The normalized spacial score (nSPS) is 14.3. The molecule has 2 aromatic rings. The first-order chi connectivity index (χ1) is 12.5. The summed E-state index contributed by atoms with van der Waals surface area (Å²) < 4.78 is 0. The van der Waals surface area contributed by atoms with Gasteiger partial charge in [-0.2, -0.15) is 0 Å². The van der Waals surface area contributed by atoms with E-state index in [2.05, 4.69) is 15.5 Å². The van der Waals surface area contributed by atoms with Crippen LogP contribution in [0.2, 0.25) is 0 Å². The number of nitrogens with zero attached hydrogens (tertiary/aromatic N) is 1. The Balaban J connectivity index is 1.78. The predicted octanol–water partition coefficient (Wildman–Crippen LogP) is 2.41. The fraction of sp³-hybridized carbons (Fsp3) is 0.300. The van der Waals surface area contributed by atoms with E-state index in [9.17, 15) is 9.59 Å². The van der Waals surface area contributed by atoms with Crippen molar-refractivity contribution in [1.82, 2.24) is 5.32 Å². The quantitative estimate of drug-likeness (QED) is 0.738. The number of hydrogen-bond acceptors (Lipinski definition) is 4. The lowest BCUT2D eigenvalue weighted by Gasteiger charge is -2.36. The van der Waals surface area contributed by atoms with Gasteiger partial charge in [-0.1, -0.05) is 12.1 Å². The molecule has 1 atom stereocenters. The lowest BCUT2D eigenvalue weighted by molar-refractivity contribution is -0.117. The van der Waals surface area contributed by atoms with Crippen LogP contribution in [0, 0.1) is 0 Å². The highest BCUT2D eigenvalue weighted by Crippen LogP contribution is 2.32. The zero-order valence-electron chi connectivity index (χ0n) is 15.1. The molecule has 0 saturated heterocycles. The summed E-state index contributed by atoms with van der Waals surface area (Å²) in [7, 11) is 1.58. The Labute approximate surface area is 153 Å². The van der Waals surface area contributed by atoms with Crippen LogP contribution in [0.25, 0.3) is 0 Å². The summed E-state index contributed by atoms with van der Waals surface area (Å²) in [5, 5.41) is 5.49. The molecule has 0 spiro atoms. The molecule has 2 amide bonds. The van der Waals surface area contributed by atoms with Crippen molar-refractivity contribution in [2.24, 2.45) is 0 Å². The molecule has 1 aliphatic heterocycles. The lowest BCUT2D eigenvalue weighted by atomic mass is 9.98. The molecule has 6 heteroatoms. The molecule has 0 aliphatic carbocycles. The van der Waals surface area contributed by atoms with Gasteiger partial charge in [-0.15, -0.1) is 0 Å². The van der Waals surface area contributed by atoms with Gasteiger partial charge in [-0.25, -0.2) is 0 Å². The molecule has 4 N–H and O–H groups in total. The van der Waals surface area contributed by atoms with Crippen LogP contribution in [0.4, 0.5) is 17.1 Å². The minimum Gasteiger partial charge on any atom is -0.398 e. The van der Waals surface area contributed by atoms with Crippen LogP contribution in [0.5, 0.6) is 0 Å². The van der Waals surface area contributed by atoms with Gasteiger partial charge in [0.25, 0.3) is 5.91 Å². The third-order valence-corrected chi connectivity index (χ3v) is 4.79. The average molecular weight is 352 g/mol. The van der Waals surface area contributed by atoms with E-state index in [0.717, 1.165) is 36.3 Å². The van der Waals surface area contributed by atoms with Crippen molar-refractivity contribution in [3.05, 3.63) is 53.6 Å². The summed E-state index contributed by atoms with van der Waals surface area (Å²) in [6.07, 6.45) is 1.89. The largest absolute Gasteiger partial charge is 0.398 e. The molecule has 0 aromatic heterocycles. The number of amides is 2. The highest BCUT2D eigenvalue weighted by Gasteiger charge is 2.27. The van der Waals surface area contributed by atoms with Crippen LogP contribution < -0.4 is 21.3 Å². The fourth-order valence-electron chi connectivity index (χ4n) is 3.35. The van der Waals surface area contributed by atoms with Crippen LogP contribution in [0.1, 0.15) is 29.3 Å². The van der Waals surface area contributed by atoms with E-state index in [-0.39, 0.29) is 17.9 Å². The maximum Gasteiger partial charge on any atom is 0.251 e. The molecule has 0 radical (unpaired) electrons. The summed E-state index contributed by atoms with van der Waals surface area (Å²) in [5.41, 5.74) is 10.1. The Hall–Kier alpha value is -3.02. The van der Waals surface area contributed by atoms with Gasteiger partial charge in [0.05, 0.1) is 0 Å². The van der Waals surface area contributed by atoms with Crippen LogP contribution >= 0.6 is 0 Å². The van der Waals surface area contributed by atoms with Crippen LogP contribution in [0.3, 0.4) is 0 Å². The van der Waals surface area contributed by atoms with Gasteiger partial charge in [0, 0.05) is 36.2 Å². The zero-order chi connectivity index (χ0) is 18.7. The van der Waals surface area contributed by atoms with Crippen molar-refractivity contribution in [2.75, 3.05) is 29.5 Å². The minimum atomic E-state index is -0.348. The van der Waals surface area contributed by atoms with E-state index < -0.39 is 0 Å². The lowest BCUT2D eigenvalue weighted by Crippen LogP contribution is -2.44. The molecular formula is C20H24N4O2. The van der Waals surface area contributed by atoms with E-state index in [1.165, 1.54) is 0 Å². The number of anilines is 3.